The molecule has 0 bridgehead atoms. The van der Waals surface area contributed by atoms with Gasteiger partial charge in [0.15, 0.2) is 0 Å². The number of hydrogen-bond acceptors (Lipinski definition) is 4. The van der Waals surface area contributed by atoms with Gasteiger partial charge in [-0.05, 0) is 31.2 Å². The number of nitrogens with two attached hydrogens (primary N) is 1. The first kappa shape index (κ1) is 13.8. The quantitative estimate of drug-likeness (QED) is 0.798. The molecule has 4 nitrogen and oxygen atoms in total. The smallest absolute Gasteiger partial charge is 0.241 e. The highest BCUT2D eigenvalue weighted by molar-refractivity contribution is 6.31. The number of para-hydroxylation sites is 2. The van der Waals surface area contributed by atoms with E-state index in [1.54, 1.807) is 6.07 Å². The maximum Gasteiger partial charge on any atom is 0.241 e. The average molecular weight is 300 g/mol. The minimum atomic E-state index is 0.301. The maximum absolute atomic E-state index is 6.13. The van der Waals surface area contributed by atoms with E-state index in [0.717, 1.165) is 22.3 Å². The van der Waals surface area contributed by atoms with Gasteiger partial charge in [-0.2, -0.15) is 0 Å². The van der Waals surface area contributed by atoms with E-state index in [1.165, 1.54) is 0 Å². The number of hydrogen-bond donors (Lipinski definition) is 1. The Balaban J connectivity index is 2.06. The number of aromatic nitrogens is 2. The lowest BCUT2D eigenvalue weighted by Gasteiger charge is -2.12. The van der Waals surface area contributed by atoms with Gasteiger partial charge >= 0.3 is 0 Å². The lowest BCUT2D eigenvalue weighted by atomic mass is 10.2. The molecule has 1 heterocycles. The molecule has 0 radical (unpaired) electrons. The van der Waals surface area contributed by atoms with Gasteiger partial charge in [0, 0.05) is 17.1 Å². The summed E-state index contributed by atoms with van der Waals surface area (Å²) in [6.45, 7) is 2.16. The molecular formula is C16H14ClN3O. The summed E-state index contributed by atoms with van der Waals surface area (Å²) in [7, 11) is 0. The number of nitrogens with zero attached hydrogens (tertiary/aromatic N) is 2. The molecule has 3 aromatic rings. The van der Waals surface area contributed by atoms with Gasteiger partial charge in [-0.1, -0.05) is 29.8 Å². The molecule has 0 unspecified atom stereocenters. The molecule has 0 aliphatic heterocycles. The van der Waals surface area contributed by atoms with E-state index >= 15 is 0 Å². The van der Waals surface area contributed by atoms with Crippen molar-refractivity contribution in [3.63, 3.8) is 0 Å². The number of halogens is 1. The third-order valence-electron chi connectivity index (χ3n) is 3.19. The van der Waals surface area contributed by atoms with Crippen LogP contribution in [-0.4, -0.2) is 9.97 Å². The van der Waals surface area contributed by atoms with Crippen molar-refractivity contribution in [2.24, 2.45) is 5.73 Å². The summed E-state index contributed by atoms with van der Waals surface area (Å²) < 4.78 is 5.88. The standard InChI is InChI=1S/C16H14ClN3O/c1-10-16(20-14-7-3-2-6-13(14)19-10)21-15-8-4-5-12(17)11(15)9-18/h2-8H,9,18H2,1H3. The highest BCUT2D eigenvalue weighted by atomic mass is 35.5. The Morgan fingerprint density at radius 2 is 1.76 bits per heavy atom. The van der Waals surface area contributed by atoms with Crippen LogP contribution in [0.2, 0.25) is 5.02 Å². The average Bonchev–Trinajstić information content (AvgIpc) is 2.48. The molecule has 0 amide bonds. The second kappa shape index (κ2) is 5.68. The molecule has 106 valence electrons. The number of fused-ring (bicyclic) bond motifs is 1. The Bertz CT molecular complexity index is 805. The molecule has 5 heteroatoms. The number of rotatable bonds is 3. The molecule has 0 fully saturated rings. The fourth-order valence-corrected chi connectivity index (χ4v) is 2.35. The Kier molecular flexibility index (Phi) is 3.73. The van der Waals surface area contributed by atoms with Crippen LogP contribution in [-0.2, 0) is 6.54 Å². The minimum Gasteiger partial charge on any atom is -0.437 e. The van der Waals surface area contributed by atoms with Crippen molar-refractivity contribution in [3.05, 3.63) is 58.7 Å². The van der Waals surface area contributed by atoms with Crippen LogP contribution in [0.3, 0.4) is 0 Å². The fraction of sp³-hybridized carbons (Fsp3) is 0.125. The predicted octanol–water partition coefficient (Wildman–Crippen LogP) is 3.84. The maximum atomic E-state index is 6.13. The number of benzene rings is 2. The third kappa shape index (κ3) is 2.68. The molecule has 0 spiro atoms. The van der Waals surface area contributed by atoms with Crippen LogP contribution in [0.15, 0.2) is 42.5 Å². The van der Waals surface area contributed by atoms with E-state index < -0.39 is 0 Å². The van der Waals surface area contributed by atoms with Crippen molar-refractivity contribution in [1.82, 2.24) is 9.97 Å². The normalized spacial score (nSPS) is 10.8. The van der Waals surface area contributed by atoms with Crippen LogP contribution >= 0.6 is 11.6 Å². The molecule has 0 aliphatic carbocycles. The summed E-state index contributed by atoms with van der Waals surface area (Å²) in [6.07, 6.45) is 0. The molecule has 2 N–H and O–H groups in total. The Morgan fingerprint density at radius 1 is 1.05 bits per heavy atom. The van der Waals surface area contributed by atoms with Crippen molar-refractivity contribution >= 4 is 22.6 Å². The van der Waals surface area contributed by atoms with Crippen molar-refractivity contribution < 1.29 is 4.74 Å². The molecular weight excluding hydrogens is 286 g/mol. The largest absolute Gasteiger partial charge is 0.437 e. The van der Waals surface area contributed by atoms with Crippen LogP contribution in [0.1, 0.15) is 11.3 Å². The summed E-state index contributed by atoms with van der Waals surface area (Å²) in [4.78, 5) is 9.00. The lowest BCUT2D eigenvalue weighted by molar-refractivity contribution is 0.452. The van der Waals surface area contributed by atoms with Gasteiger partial charge in [-0.3, -0.25) is 0 Å². The first-order chi connectivity index (χ1) is 10.2. The summed E-state index contributed by atoms with van der Waals surface area (Å²) in [6, 6.07) is 13.1. The van der Waals surface area contributed by atoms with E-state index in [9.17, 15) is 0 Å². The van der Waals surface area contributed by atoms with Gasteiger partial charge in [0.25, 0.3) is 0 Å². The number of ether oxygens (including phenoxy) is 1. The van der Waals surface area contributed by atoms with Crippen LogP contribution in [0, 0.1) is 6.92 Å². The highest BCUT2D eigenvalue weighted by Crippen LogP contribution is 2.30. The minimum absolute atomic E-state index is 0.301. The molecule has 21 heavy (non-hydrogen) atoms. The second-order valence-corrected chi connectivity index (χ2v) is 5.03. The monoisotopic (exact) mass is 299 g/mol. The van der Waals surface area contributed by atoms with Crippen molar-refractivity contribution in [1.29, 1.82) is 0 Å². The molecule has 0 aliphatic rings. The summed E-state index contributed by atoms with van der Waals surface area (Å²) >= 11 is 6.13. The van der Waals surface area contributed by atoms with E-state index in [1.807, 2.05) is 43.3 Å². The van der Waals surface area contributed by atoms with Gasteiger partial charge in [0.1, 0.15) is 11.4 Å². The molecule has 0 saturated carbocycles. The zero-order valence-corrected chi connectivity index (χ0v) is 12.3. The van der Waals surface area contributed by atoms with Crippen LogP contribution < -0.4 is 10.5 Å². The topological polar surface area (TPSA) is 61.0 Å². The van der Waals surface area contributed by atoms with Crippen molar-refractivity contribution in [3.8, 4) is 11.6 Å². The van der Waals surface area contributed by atoms with Crippen LogP contribution in [0.4, 0.5) is 0 Å². The Labute approximate surface area is 127 Å². The van der Waals surface area contributed by atoms with Gasteiger partial charge in [0.2, 0.25) is 5.88 Å². The van der Waals surface area contributed by atoms with Crippen molar-refractivity contribution in [2.75, 3.05) is 0 Å². The second-order valence-electron chi connectivity index (χ2n) is 4.63. The highest BCUT2D eigenvalue weighted by Gasteiger charge is 2.11. The van der Waals surface area contributed by atoms with E-state index in [4.69, 9.17) is 22.1 Å². The van der Waals surface area contributed by atoms with Gasteiger partial charge in [0.05, 0.1) is 11.0 Å². The molecule has 0 atom stereocenters. The fourth-order valence-electron chi connectivity index (χ4n) is 2.11. The first-order valence-corrected chi connectivity index (χ1v) is 6.95. The SMILES string of the molecule is Cc1nc2ccccc2nc1Oc1cccc(Cl)c1CN. The van der Waals surface area contributed by atoms with Crippen molar-refractivity contribution in [2.45, 2.75) is 13.5 Å². The van der Waals surface area contributed by atoms with E-state index in [0.29, 0.717) is 23.2 Å². The van der Waals surface area contributed by atoms with Gasteiger partial charge in [-0.15, -0.1) is 0 Å². The zero-order chi connectivity index (χ0) is 14.8. The third-order valence-corrected chi connectivity index (χ3v) is 3.54. The Hall–Kier alpha value is -2.17. The summed E-state index contributed by atoms with van der Waals surface area (Å²) in [5, 5.41) is 0.585. The molecule has 2 aromatic carbocycles. The summed E-state index contributed by atoms with van der Waals surface area (Å²) in [5.41, 5.74) is 8.84. The van der Waals surface area contributed by atoms with E-state index in [2.05, 4.69) is 9.97 Å². The number of aryl methyl sites for hydroxylation is 1. The zero-order valence-electron chi connectivity index (χ0n) is 11.5. The first-order valence-electron chi connectivity index (χ1n) is 6.57. The van der Waals surface area contributed by atoms with E-state index in [-0.39, 0.29) is 0 Å². The van der Waals surface area contributed by atoms with Gasteiger partial charge in [-0.25, -0.2) is 9.97 Å². The lowest BCUT2D eigenvalue weighted by Crippen LogP contribution is -2.02. The van der Waals surface area contributed by atoms with Crippen LogP contribution in [0.5, 0.6) is 11.6 Å². The van der Waals surface area contributed by atoms with Gasteiger partial charge < -0.3 is 10.5 Å². The molecule has 3 rings (SSSR count). The predicted molar refractivity (Wildman–Crippen MR) is 83.7 cm³/mol. The van der Waals surface area contributed by atoms with Crippen LogP contribution in [0.25, 0.3) is 11.0 Å². The molecule has 1 aromatic heterocycles. The summed E-state index contributed by atoms with van der Waals surface area (Å²) in [5.74, 6) is 1.07. The Morgan fingerprint density at radius 3 is 2.48 bits per heavy atom. The molecule has 0 saturated heterocycles.